The number of para-hydroxylation sites is 2. The van der Waals surface area contributed by atoms with Gasteiger partial charge in [0.25, 0.3) is 5.91 Å². The molecular weight excluding hydrogens is 294 g/mol. The van der Waals surface area contributed by atoms with E-state index in [1.165, 1.54) is 0 Å². The van der Waals surface area contributed by atoms with E-state index in [4.69, 9.17) is 14.2 Å². The van der Waals surface area contributed by atoms with E-state index in [1.54, 1.807) is 18.2 Å². The summed E-state index contributed by atoms with van der Waals surface area (Å²) in [5.41, 5.74) is 0.695. The smallest absolute Gasteiger partial charge is 0.262 e. The lowest BCUT2D eigenvalue weighted by Gasteiger charge is -2.11. The molecule has 0 atom stereocenters. The van der Waals surface area contributed by atoms with E-state index in [1.807, 2.05) is 44.2 Å². The van der Waals surface area contributed by atoms with Crippen molar-refractivity contribution in [1.29, 1.82) is 0 Å². The lowest BCUT2D eigenvalue weighted by molar-refractivity contribution is -0.118. The van der Waals surface area contributed by atoms with E-state index in [-0.39, 0.29) is 12.5 Å². The van der Waals surface area contributed by atoms with E-state index >= 15 is 0 Å². The number of hydrogen-bond acceptors (Lipinski definition) is 4. The highest BCUT2D eigenvalue weighted by Gasteiger charge is 2.07. The van der Waals surface area contributed by atoms with Crippen molar-refractivity contribution in [3.05, 3.63) is 48.5 Å². The normalized spacial score (nSPS) is 10.0. The maximum absolute atomic E-state index is 12.0. The second-order valence-corrected chi connectivity index (χ2v) is 4.67. The number of carbonyl (C=O) groups is 1. The highest BCUT2D eigenvalue weighted by Crippen LogP contribution is 2.26. The predicted octanol–water partition coefficient (Wildman–Crippen LogP) is 3.50. The minimum atomic E-state index is -0.236. The van der Waals surface area contributed by atoms with Crippen LogP contribution in [0.4, 0.5) is 5.69 Å². The highest BCUT2D eigenvalue weighted by molar-refractivity contribution is 5.91. The third-order valence-corrected chi connectivity index (χ3v) is 2.96. The van der Waals surface area contributed by atoms with Gasteiger partial charge in [0.05, 0.1) is 13.2 Å². The first-order chi connectivity index (χ1) is 11.2. The summed E-state index contributed by atoms with van der Waals surface area (Å²) in [7, 11) is 0. The molecule has 122 valence electrons. The van der Waals surface area contributed by atoms with Crippen LogP contribution in [0.3, 0.4) is 0 Å². The van der Waals surface area contributed by atoms with Crippen molar-refractivity contribution in [1.82, 2.24) is 0 Å². The fourth-order valence-electron chi connectivity index (χ4n) is 1.99. The average Bonchev–Trinajstić information content (AvgIpc) is 2.56. The fraction of sp³-hybridized carbons (Fsp3) is 0.278. The minimum absolute atomic E-state index is 0.0860. The Morgan fingerprint density at radius 3 is 2.09 bits per heavy atom. The maximum Gasteiger partial charge on any atom is 0.262 e. The van der Waals surface area contributed by atoms with Crippen LogP contribution in [0.2, 0.25) is 0 Å². The zero-order valence-corrected chi connectivity index (χ0v) is 13.4. The zero-order valence-electron chi connectivity index (χ0n) is 13.4. The standard InChI is InChI=1S/C18H21NO4/c1-3-21-15-11-9-14(10-12-15)19-18(20)13-23-17-8-6-5-7-16(17)22-4-2/h5-12H,3-4,13H2,1-2H3,(H,19,20). The molecule has 0 aliphatic carbocycles. The number of rotatable bonds is 8. The van der Waals surface area contributed by atoms with Crippen molar-refractivity contribution in [3.63, 3.8) is 0 Å². The largest absolute Gasteiger partial charge is 0.494 e. The van der Waals surface area contributed by atoms with Gasteiger partial charge in [0.15, 0.2) is 18.1 Å². The first-order valence-electron chi connectivity index (χ1n) is 7.60. The molecule has 0 aliphatic heterocycles. The van der Waals surface area contributed by atoms with Crippen LogP contribution in [0.1, 0.15) is 13.8 Å². The summed E-state index contributed by atoms with van der Waals surface area (Å²) in [6, 6.07) is 14.5. The molecule has 2 aromatic rings. The topological polar surface area (TPSA) is 56.8 Å². The molecule has 23 heavy (non-hydrogen) atoms. The maximum atomic E-state index is 12.0. The molecule has 0 spiro atoms. The van der Waals surface area contributed by atoms with Crippen molar-refractivity contribution >= 4 is 11.6 Å². The quantitative estimate of drug-likeness (QED) is 0.810. The Hall–Kier alpha value is -2.69. The SMILES string of the molecule is CCOc1ccc(NC(=O)COc2ccccc2OCC)cc1. The third-order valence-electron chi connectivity index (χ3n) is 2.96. The first-order valence-corrected chi connectivity index (χ1v) is 7.60. The van der Waals surface area contributed by atoms with Crippen LogP contribution in [0.25, 0.3) is 0 Å². The van der Waals surface area contributed by atoms with Gasteiger partial charge in [-0.05, 0) is 50.2 Å². The number of nitrogens with one attached hydrogen (secondary N) is 1. The van der Waals surface area contributed by atoms with Gasteiger partial charge in [0.2, 0.25) is 0 Å². The summed E-state index contributed by atoms with van der Waals surface area (Å²) in [6.07, 6.45) is 0. The summed E-state index contributed by atoms with van der Waals surface area (Å²) in [5.74, 6) is 1.72. The van der Waals surface area contributed by atoms with Gasteiger partial charge in [-0.1, -0.05) is 12.1 Å². The van der Waals surface area contributed by atoms with E-state index in [9.17, 15) is 4.79 Å². The molecule has 1 N–H and O–H groups in total. The molecule has 2 rings (SSSR count). The van der Waals surface area contributed by atoms with Crippen LogP contribution >= 0.6 is 0 Å². The molecule has 1 amide bonds. The van der Waals surface area contributed by atoms with E-state index in [0.29, 0.717) is 30.4 Å². The molecule has 0 heterocycles. The van der Waals surface area contributed by atoms with Crippen LogP contribution in [0, 0.1) is 0 Å². The van der Waals surface area contributed by atoms with E-state index < -0.39 is 0 Å². The fourth-order valence-corrected chi connectivity index (χ4v) is 1.99. The van der Waals surface area contributed by atoms with Crippen molar-refractivity contribution in [2.45, 2.75) is 13.8 Å². The Kier molecular flexibility index (Phi) is 6.29. The molecule has 0 bridgehead atoms. The van der Waals surface area contributed by atoms with Gasteiger partial charge in [0, 0.05) is 5.69 Å². The van der Waals surface area contributed by atoms with E-state index in [2.05, 4.69) is 5.32 Å². The molecule has 0 fully saturated rings. The molecular formula is C18H21NO4. The van der Waals surface area contributed by atoms with E-state index in [0.717, 1.165) is 5.75 Å². The van der Waals surface area contributed by atoms with Crippen LogP contribution in [-0.4, -0.2) is 25.7 Å². The summed E-state index contributed by atoms with van der Waals surface area (Å²) in [6.45, 7) is 4.89. The van der Waals surface area contributed by atoms with Crippen molar-refractivity contribution in [2.75, 3.05) is 25.1 Å². The van der Waals surface area contributed by atoms with Crippen molar-refractivity contribution in [3.8, 4) is 17.2 Å². The van der Waals surface area contributed by atoms with Gasteiger partial charge >= 0.3 is 0 Å². The Balaban J connectivity index is 1.87. The van der Waals surface area contributed by atoms with Crippen molar-refractivity contribution in [2.24, 2.45) is 0 Å². The zero-order chi connectivity index (χ0) is 16.5. The number of amides is 1. The number of ether oxygens (including phenoxy) is 3. The molecule has 5 nitrogen and oxygen atoms in total. The number of carbonyl (C=O) groups excluding carboxylic acids is 1. The minimum Gasteiger partial charge on any atom is -0.494 e. The van der Waals surface area contributed by atoms with Crippen LogP contribution in [0.5, 0.6) is 17.2 Å². The Bertz CT molecular complexity index is 625. The van der Waals surface area contributed by atoms with Gasteiger partial charge in [-0.15, -0.1) is 0 Å². The van der Waals surface area contributed by atoms with Gasteiger partial charge in [-0.3, -0.25) is 4.79 Å². The molecule has 0 aromatic heterocycles. The lowest BCUT2D eigenvalue weighted by Crippen LogP contribution is -2.20. The first kappa shape index (κ1) is 16.7. The summed E-state index contributed by atoms with van der Waals surface area (Å²) >= 11 is 0. The molecule has 0 saturated carbocycles. The Morgan fingerprint density at radius 1 is 0.870 bits per heavy atom. The highest BCUT2D eigenvalue weighted by atomic mass is 16.5. The number of benzene rings is 2. The third kappa shape index (κ3) is 5.21. The molecule has 5 heteroatoms. The molecule has 2 aromatic carbocycles. The van der Waals surface area contributed by atoms with Gasteiger partial charge in [-0.2, -0.15) is 0 Å². The molecule has 0 unspecified atom stereocenters. The lowest BCUT2D eigenvalue weighted by atomic mass is 10.3. The summed E-state index contributed by atoms with van der Waals surface area (Å²) in [5, 5.41) is 2.77. The monoisotopic (exact) mass is 315 g/mol. The molecule has 0 saturated heterocycles. The summed E-state index contributed by atoms with van der Waals surface area (Å²) < 4.78 is 16.3. The van der Waals surface area contributed by atoms with Crippen LogP contribution in [-0.2, 0) is 4.79 Å². The average molecular weight is 315 g/mol. The second-order valence-electron chi connectivity index (χ2n) is 4.67. The molecule has 0 aliphatic rings. The second kappa shape index (κ2) is 8.68. The Labute approximate surface area is 136 Å². The number of anilines is 1. The summed E-state index contributed by atoms with van der Waals surface area (Å²) in [4.78, 5) is 12.0. The Morgan fingerprint density at radius 2 is 1.48 bits per heavy atom. The van der Waals surface area contributed by atoms with Gasteiger partial charge in [-0.25, -0.2) is 0 Å². The number of hydrogen-bond donors (Lipinski definition) is 1. The van der Waals surface area contributed by atoms with Crippen LogP contribution < -0.4 is 19.5 Å². The van der Waals surface area contributed by atoms with Gasteiger partial charge < -0.3 is 19.5 Å². The van der Waals surface area contributed by atoms with Crippen LogP contribution in [0.15, 0.2) is 48.5 Å². The van der Waals surface area contributed by atoms with Gasteiger partial charge in [0.1, 0.15) is 5.75 Å². The van der Waals surface area contributed by atoms with Crippen molar-refractivity contribution < 1.29 is 19.0 Å². The predicted molar refractivity (Wildman–Crippen MR) is 89.3 cm³/mol. The molecule has 0 radical (unpaired) electrons.